The van der Waals surface area contributed by atoms with E-state index in [1.54, 1.807) is 0 Å². The van der Waals surface area contributed by atoms with E-state index in [1.807, 2.05) is 13.0 Å². The van der Waals surface area contributed by atoms with Crippen molar-refractivity contribution in [2.45, 2.75) is 64.7 Å². The zero-order chi connectivity index (χ0) is 19.0. The highest BCUT2D eigenvalue weighted by Crippen LogP contribution is 2.54. The van der Waals surface area contributed by atoms with Crippen molar-refractivity contribution in [2.75, 3.05) is 19.6 Å². The first-order valence-corrected chi connectivity index (χ1v) is 10.6. The number of nitrogens with one attached hydrogen (secondary N) is 1. The first kappa shape index (κ1) is 18.9. The molecule has 0 aromatic carbocycles. The highest BCUT2D eigenvalue weighted by molar-refractivity contribution is 5.78. The van der Waals surface area contributed by atoms with E-state index in [1.165, 1.54) is 0 Å². The zero-order valence-corrected chi connectivity index (χ0v) is 16.9. The fraction of sp³-hybridized carbons (Fsp3) is 0.727. The molecule has 3 aliphatic heterocycles. The van der Waals surface area contributed by atoms with Crippen LogP contribution in [0.5, 0.6) is 0 Å². The molecule has 3 fully saturated rings. The zero-order valence-electron chi connectivity index (χ0n) is 16.9. The van der Waals surface area contributed by atoms with Gasteiger partial charge in [-0.2, -0.15) is 0 Å². The van der Waals surface area contributed by atoms with E-state index >= 15 is 0 Å². The van der Waals surface area contributed by atoms with Gasteiger partial charge >= 0.3 is 0 Å². The summed E-state index contributed by atoms with van der Waals surface area (Å²) in [5.41, 5.74) is 2.22. The molecule has 0 aliphatic carbocycles. The summed E-state index contributed by atoms with van der Waals surface area (Å²) in [5.74, 6) is 1.34. The van der Waals surface area contributed by atoms with Gasteiger partial charge in [0.2, 0.25) is 5.91 Å². The Labute approximate surface area is 162 Å². The minimum absolute atomic E-state index is 0.0127. The van der Waals surface area contributed by atoms with Gasteiger partial charge in [-0.05, 0) is 44.7 Å². The minimum atomic E-state index is 0.0127. The van der Waals surface area contributed by atoms with Gasteiger partial charge in [0.15, 0.2) is 0 Å². The second kappa shape index (κ2) is 7.51. The maximum Gasteiger partial charge on any atom is 0.223 e. The van der Waals surface area contributed by atoms with E-state index in [0.717, 1.165) is 63.3 Å². The average Bonchev–Trinajstić information content (AvgIpc) is 3.29. The lowest BCUT2D eigenvalue weighted by molar-refractivity contribution is -0.125. The third-order valence-electron chi connectivity index (χ3n) is 7.05. The molecule has 1 N–H and O–H groups in total. The smallest absolute Gasteiger partial charge is 0.223 e. The number of fused-ring (bicyclic) bond motifs is 1. The number of carbonyl (C=O) groups excluding carboxylic acids is 1. The van der Waals surface area contributed by atoms with Gasteiger partial charge in [-0.25, -0.2) is 0 Å². The fourth-order valence-corrected chi connectivity index (χ4v) is 5.62. The first-order valence-electron chi connectivity index (χ1n) is 10.6. The lowest BCUT2D eigenvalue weighted by Crippen LogP contribution is -2.43. The number of hydrogen-bond acceptors (Lipinski definition) is 4. The van der Waals surface area contributed by atoms with E-state index in [9.17, 15) is 4.79 Å². The number of aromatic nitrogens is 1. The highest BCUT2D eigenvalue weighted by atomic mass is 16.5. The summed E-state index contributed by atoms with van der Waals surface area (Å²) in [6.07, 6.45) is 4.46. The van der Waals surface area contributed by atoms with Gasteiger partial charge < -0.3 is 10.1 Å². The molecular formula is C22H33N3O2. The summed E-state index contributed by atoms with van der Waals surface area (Å²) < 4.78 is 6.52. The van der Waals surface area contributed by atoms with Gasteiger partial charge in [-0.15, -0.1) is 0 Å². The summed E-state index contributed by atoms with van der Waals surface area (Å²) >= 11 is 0. The molecule has 27 heavy (non-hydrogen) atoms. The van der Waals surface area contributed by atoms with Crippen LogP contribution >= 0.6 is 0 Å². The average molecular weight is 372 g/mol. The number of pyridine rings is 1. The molecule has 1 aromatic heterocycles. The Hall–Kier alpha value is -1.46. The molecule has 4 atom stereocenters. The number of nitrogens with zero attached hydrogens (tertiary/aromatic N) is 2. The van der Waals surface area contributed by atoms with Crippen molar-refractivity contribution in [1.82, 2.24) is 15.2 Å². The summed E-state index contributed by atoms with van der Waals surface area (Å²) in [5, 5.41) is 3.24. The van der Waals surface area contributed by atoms with Gasteiger partial charge in [0, 0.05) is 49.6 Å². The molecule has 4 heterocycles. The molecule has 5 heteroatoms. The number of carbonyl (C=O) groups is 1. The topological polar surface area (TPSA) is 54.5 Å². The predicted molar refractivity (Wildman–Crippen MR) is 105 cm³/mol. The highest BCUT2D eigenvalue weighted by Gasteiger charge is 2.62. The molecule has 0 unspecified atom stereocenters. The Balaban J connectivity index is 1.39. The molecule has 3 aliphatic rings. The molecule has 5 nitrogen and oxygen atoms in total. The number of rotatable bonds is 7. The molecule has 0 radical (unpaired) electrons. The van der Waals surface area contributed by atoms with Crippen LogP contribution in [0, 0.1) is 24.7 Å². The van der Waals surface area contributed by atoms with Crippen LogP contribution in [0.25, 0.3) is 0 Å². The van der Waals surface area contributed by atoms with Crippen molar-refractivity contribution in [3.8, 4) is 0 Å². The van der Waals surface area contributed by atoms with E-state index in [2.05, 4.69) is 41.2 Å². The second-order valence-electron chi connectivity index (χ2n) is 8.73. The number of ether oxygens (including phenoxy) is 1. The van der Waals surface area contributed by atoms with Gasteiger partial charge in [0.1, 0.15) is 0 Å². The van der Waals surface area contributed by atoms with Crippen LogP contribution in [0.15, 0.2) is 18.2 Å². The summed E-state index contributed by atoms with van der Waals surface area (Å²) in [6.45, 7) is 9.95. The number of hydrogen-bond donors (Lipinski definition) is 1. The normalized spacial score (nSPS) is 32.2. The van der Waals surface area contributed by atoms with Gasteiger partial charge in [0.25, 0.3) is 0 Å². The molecular weight excluding hydrogens is 338 g/mol. The van der Waals surface area contributed by atoms with Crippen LogP contribution in [-0.4, -0.2) is 47.1 Å². The lowest BCUT2D eigenvalue weighted by atomic mass is 9.73. The van der Waals surface area contributed by atoms with Gasteiger partial charge in [-0.3, -0.25) is 14.7 Å². The monoisotopic (exact) mass is 371 g/mol. The number of likely N-dealkylation sites (tertiary alicyclic amines) is 1. The molecule has 148 valence electrons. The number of amides is 1. The van der Waals surface area contributed by atoms with E-state index in [-0.39, 0.29) is 17.4 Å². The third-order valence-corrected chi connectivity index (χ3v) is 7.05. The number of aryl methyl sites for hydroxylation is 1. The third kappa shape index (κ3) is 3.52. The van der Waals surface area contributed by atoms with Gasteiger partial charge in [0.05, 0.1) is 17.4 Å². The fourth-order valence-electron chi connectivity index (χ4n) is 5.62. The SMILES string of the molecule is CCC(CC)C(=O)NC[C@H]1[C@H]2CN(Cc3cccc(C)n3)C[C@]23CC[C@H]1O3. The summed E-state index contributed by atoms with van der Waals surface area (Å²) in [6, 6.07) is 6.25. The van der Waals surface area contributed by atoms with E-state index in [4.69, 9.17) is 4.74 Å². The Morgan fingerprint density at radius 2 is 2.22 bits per heavy atom. The van der Waals surface area contributed by atoms with Crippen molar-refractivity contribution in [1.29, 1.82) is 0 Å². The molecule has 4 rings (SSSR count). The van der Waals surface area contributed by atoms with Crippen LogP contribution in [-0.2, 0) is 16.1 Å². The van der Waals surface area contributed by atoms with E-state index in [0.29, 0.717) is 17.9 Å². The Morgan fingerprint density at radius 1 is 1.41 bits per heavy atom. The lowest BCUT2D eigenvalue weighted by Gasteiger charge is -2.30. The van der Waals surface area contributed by atoms with Crippen molar-refractivity contribution in [2.24, 2.45) is 17.8 Å². The molecule has 0 saturated carbocycles. The van der Waals surface area contributed by atoms with Crippen LogP contribution in [0.1, 0.15) is 50.9 Å². The summed E-state index contributed by atoms with van der Waals surface area (Å²) in [4.78, 5) is 19.6. The predicted octanol–water partition coefficient (Wildman–Crippen LogP) is 2.92. The van der Waals surface area contributed by atoms with Crippen LogP contribution < -0.4 is 5.32 Å². The van der Waals surface area contributed by atoms with Crippen LogP contribution in [0.3, 0.4) is 0 Å². The second-order valence-corrected chi connectivity index (χ2v) is 8.73. The molecule has 1 aromatic rings. The quantitative estimate of drug-likeness (QED) is 0.801. The maximum absolute atomic E-state index is 12.4. The van der Waals surface area contributed by atoms with Crippen molar-refractivity contribution < 1.29 is 9.53 Å². The van der Waals surface area contributed by atoms with E-state index < -0.39 is 0 Å². The Morgan fingerprint density at radius 3 is 2.96 bits per heavy atom. The van der Waals surface area contributed by atoms with Crippen molar-refractivity contribution in [3.63, 3.8) is 0 Å². The molecule has 1 amide bonds. The van der Waals surface area contributed by atoms with Gasteiger partial charge in [-0.1, -0.05) is 19.9 Å². The molecule has 2 bridgehead atoms. The largest absolute Gasteiger partial charge is 0.370 e. The Bertz CT molecular complexity index is 690. The summed E-state index contributed by atoms with van der Waals surface area (Å²) in [7, 11) is 0. The Kier molecular flexibility index (Phi) is 5.26. The van der Waals surface area contributed by atoms with Crippen molar-refractivity contribution in [3.05, 3.63) is 29.6 Å². The maximum atomic E-state index is 12.4. The van der Waals surface area contributed by atoms with Crippen LogP contribution in [0.2, 0.25) is 0 Å². The standard InChI is InChI=1S/C22H33N3O2/c1-4-16(5-2)21(26)23-11-18-19-13-25(12-17-8-6-7-15(3)24-17)14-22(19)10-9-20(18)27-22/h6-8,16,18-20H,4-5,9-14H2,1-3H3,(H,23,26)/t18-,19+,20+,22+/m0/s1. The van der Waals surface area contributed by atoms with Crippen molar-refractivity contribution >= 4 is 5.91 Å². The first-order chi connectivity index (χ1) is 13.0. The minimum Gasteiger partial charge on any atom is -0.370 e. The molecule has 1 spiro atoms. The van der Waals surface area contributed by atoms with Crippen LogP contribution in [0.4, 0.5) is 0 Å². The molecule has 3 saturated heterocycles.